The topological polar surface area (TPSA) is 42.0 Å². The summed E-state index contributed by atoms with van der Waals surface area (Å²) in [5.41, 5.74) is 2.50. The second kappa shape index (κ2) is 7.20. The van der Waals surface area contributed by atoms with E-state index in [4.69, 9.17) is 0 Å². The first-order valence-corrected chi connectivity index (χ1v) is 7.46. The Labute approximate surface area is 127 Å². The van der Waals surface area contributed by atoms with Gasteiger partial charge in [-0.3, -0.25) is 4.79 Å². The molecule has 0 bridgehead atoms. The number of anilines is 1. The van der Waals surface area contributed by atoms with Gasteiger partial charge < -0.3 is 5.32 Å². The fourth-order valence-corrected chi connectivity index (χ4v) is 2.21. The fourth-order valence-electron chi connectivity index (χ4n) is 1.88. The van der Waals surface area contributed by atoms with Gasteiger partial charge in [0.05, 0.1) is 0 Å². The maximum atomic E-state index is 11.9. The average molecular weight is 333 g/mol. The van der Waals surface area contributed by atoms with Crippen LogP contribution in [0.2, 0.25) is 0 Å². The maximum Gasteiger partial charge on any atom is 0.225 e. The number of pyridine rings is 1. The lowest BCUT2D eigenvalue weighted by Gasteiger charge is -2.05. The molecule has 0 unspecified atom stereocenters. The van der Waals surface area contributed by atoms with Gasteiger partial charge in [0, 0.05) is 17.1 Å². The standard InChI is InChI=1S/C16H17BrN2O/c1-2-12-3-5-13(6-4-12)7-8-16(20)19-15-11-14(17)9-10-18-15/h3-6,9-11H,2,7-8H2,1H3,(H,18,19,20). The zero-order valence-electron chi connectivity index (χ0n) is 11.4. The number of aromatic nitrogens is 1. The summed E-state index contributed by atoms with van der Waals surface area (Å²) in [5.74, 6) is 0.556. The van der Waals surface area contributed by atoms with Crippen molar-refractivity contribution in [1.82, 2.24) is 4.98 Å². The van der Waals surface area contributed by atoms with Crippen molar-refractivity contribution in [2.75, 3.05) is 5.32 Å². The molecule has 0 spiro atoms. The first-order chi connectivity index (χ1) is 9.67. The lowest BCUT2D eigenvalue weighted by atomic mass is 10.1. The van der Waals surface area contributed by atoms with Crippen LogP contribution < -0.4 is 5.32 Å². The van der Waals surface area contributed by atoms with Crippen LogP contribution in [0.4, 0.5) is 5.82 Å². The van der Waals surface area contributed by atoms with Crippen molar-refractivity contribution in [1.29, 1.82) is 0 Å². The smallest absolute Gasteiger partial charge is 0.225 e. The largest absolute Gasteiger partial charge is 0.311 e. The molecule has 20 heavy (non-hydrogen) atoms. The van der Waals surface area contributed by atoms with E-state index in [-0.39, 0.29) is 5.91 Å². The fraction of sp³-hybridized carbons (Fsp3) is 0.250. The quantitative estimate of drug-likeness (QED) is 0.899. The second-order valence-corrected chi connectivity index (χ2v) is 5.49. The molecule has 1 aromatic carbocycles. The molecular weight excluding hydrogens is 316 g/mol. The molecular formula is C16H17BrN2O. The van der Waals surface area contributed by atoms with E-state index in [0.29, 0.717) is 12.2 Å². The number of nitrogens with one attached hydrogen (secondary N) is 1. The number of carbonyl (C=O) groups excluding carboxylic acids is 1. The summed E-state index contributed by atoms with van der Waals surface area (Å²) < 4.78 is 0.901. The Morgan fingerprint density at radius 1 is 1.20 bits per heavy atom. The van der Waals surface area contributed by atoms with Gasteiger partial charge in [0.2, 0.25) is 5.91 Å². The van der Waals surface area contributed by atoms with Crippen molar-refractivity contribution in [2.45, 2.75) is 26.2 Å². The second-order valence-electron chi connectivity index (χ2n) is 4.58. The molecule has 1 heterocycles. The van der Waals surface area contributed by atoms with Crippen LogP contribution in [-0.2, 0) is 17.6 Å². The third-order valence-corrected chi connectivity index (χ3v) is 3.55. The Morgan fingerprint density at radius 2 is 1.90 bits per heavy atom. The van der Waals surface area contributed by atoms with Gasteiger partial charge in [0.1, 0.15) is 5.82 Å². The normalized spacial score (nSPS) is 10.3. The molecule has 104 valence electrons. The minimum Gasteiger partial charge on any atom is -0.311 e. The van der Waals surface area contributed by atoms with Crippen molar-refractivity contribution in [3.05, 3.63) is 58.2 Å². The number of benzene rings is 1. The Balaban J connectivity index is 1.85. The monoisotopic (exact) mass is 332 g/mol. The van der Waals surface area contributed by atoms with Gasteiger partial charge >= 0.3 is 0 Å². The van der Waals surface area contributed by atoms with Gasteiger partial charge in [0.25, 0.3) is 0 Å². The molecule has 0 aliphatic heterocycles. The first kappa shape index (κ1) is 14.7. The summed E-state index contributed by atoms with van der Waals surface area (Å²) in [6.45, 7) is 2.13. The van der Waals surface area contributed by atoms with Gasteiger partial charge in [-0.25, -0.2) is 4.98 Å². The summed E-state index contributed by atoms with van der Waals surface area (Å²) in [7, 11) is 0. The van der Waals surface area contributed by atoms with E-state index in [9.17, 15) is 4.79 Å². The number of aryl methyl sites for hydroxylation is 2. The highest BCUT2D eigenvalue weighted by Gasteiger charge is 2.04. The number of halogens is 1. The first-order valence-electron chi connectivity index (χ1n) is 6.66. The predicted octanol–water partition coefficient (Wildman–Crippen LogP) is 3.98. The van der Waals surface area contributed by atoms with Crippen LogP contribution in [0.3, 0.4) is 0 Å². The molecule has 0 saturated carbocycles. The van der Waals surface area contributed by atoms with Crippen molar-refractivity contribution in [3.8, 4) is 0 Å². The van der Waals surface area contributed by atoms with Crippen molar-refractivity contribution < 1.29 is 4.79 Å². The van der Waals surface area contributed by atoms with Crippen LogP contribution in [0.5, 0.6) is 0 Å². The van der Waals surface area contributed by atoms with Crippen LogP contribution >= 0.6 is 15.9 Å². The van der Waals surface area contributed by atoms with Crippen LogP contribution in [0.1, 0.15) is 24.5 Å². The van der Waals surface area contributed by atoms with Crippen LogP contribution in [0.15, 0.2) is 47.1 Å². The summed E-state index contributed by atoms with van der Waals surface area (Å²) in [5, 5.41) is 2.80. The van der Waals surface area contributed by atoms with E-state index >= 15 is 0 Å². The van der Waals surface area contributed by atoms with E-state index in [1.807, 2.05) is 6.07 Å². The minimum atomic E-state index is -0.0184. The minimum absolute atomic E-state index is 0.0184. The average Bonchev–Trinajstić information content (AvgIpc) is 2.46. The SMILES string of the molecule is CCc1ccc(CCC(=O)Nc2cc(Br)ccn2)cc1. The van der Waals surface area contributed by atoms with E-state index in [1.54, 1.807) is 12.3 Å². The molecule has 2 aromatic rings. The van der Waals surface area contributed by atoms with Crippen molar-refractivity contribution in [3.63, 3.8) is 0 Å². The Hall–Kier alpha value is -1.68. The zero-order valence-corrected chi connectivity index (χ0v) is 13.0. The van der Waals surface area contributed by atoms with Crippen LogP contribution in [0.25, 0.3) is 0 Å². The summed E-state index contributed by atoms with van der Waals surface area (Å²) >= 11 is 3.35. The molecule has 1 N–H and O–H groups in total. The van der Waals surface area contributed by atoms with Gasteiger partial charge in [-0.05, 0) is 36.1 Å². The highest BCUT2D eigenvalue weighted by atomic mass is 79.9. The number of nitrogens with zero attached hydrogens (tertiary/aromatic N) is 1. The number of rotatable bonds is 5. The molecule has 4 heteroatoms. The Kier molecular flexibility index (Phi) is 5.30. The van der Waals surface area contributed by atoms with Crippen LogP contribution in [0, 0.1) is 0 Å². The molecule has 2 rings (SSSR count). The van der Waals surface area contributed by atoms with E-state index in [0.717, 1.165) is 17.3 Å². The molecule has 3 nitrogen and oxygen atoms in total. The highest BCUT2D eigenvalue weighted by molar-refractivity contribution is 9.10. The summed E-state index contributed by atoms with van der Waals surface area (Å²) in [6.07, 6.45) is 3.89. The Bertz CT molecular complexity index is 581. The number of hydrogen-bond acceptors (Lipinski definition) is 2. The molecule has 0 atom stereocenters. The van der Waals surface area contributed by atoms with Crippen molar-refractivity contribution >= 4 is 27.7 Å². The van der Waals surface area contributed by atoms with Gasteiger partial charge in [-0.15, -0.1) is 0 Å². The maximum absolute atomic E-state index is 11.9. The molecule has 0 saturated heterocycles. The molecule has 0 aliphatic carbocycles. The summed E-state index contributed by atoms with van der Waals surface area (Å²) in [4.78, 5) is 15.9. The lowest BCUT2D eigenvalue weighted by molar-refractivity contribution is -0.116. The third kappa shape index (κ3) is 4.46. The highest BCUT2D eigenvalue weighted by Crippen LogP contribution is 2.13. The predicted molar refractivity (Wildman–Crippen MR) is 84.7 cm³/mol. The molecule has 0 radical (unpaired) electrons. The third-order valence-electron chi connectivity index (χ3n) is 3.06. The molecule has 0 aliphatic rings. The van der Waals surface area contributed by atoms with Crippen molar-refractivity contribution in [2.24, 2.45) is 0 Å². The van der Waals surface area contributed by atoms with E-state index < -0.39 is 0 Å². The lowest BCUT2D eigenvalue weighted by Crippen LogP contribution is -2.13. The molecule has 1 amide bonds. The van der Waals surface area contributed by atoms with E-state index in [2.05, 4.69) is 57.4 Å². The molecule has 1 aromatic heterocycles. The summed E-state index contributed by atoms with van der Waals surface area (Å²) in [6, 6.07) is 12.0. The zero-order chi connectivity index (χ0) is 14.4. The van der Waals surface area contributed by atoms with Gasteiger partial charge in [-0.1, -0.05) is 47.1 Å². The Morgan fingerprint density at radius 3 is 2.55 bits per heavy atom. The number of amides is 1. The number of hydrogen-bond donors (Lipinski definition) is 1. The number of carbonyl (C=O) groups is 1. The van der Waals surface area contributed by atoms with Gasteiger partial charge in [0.15, 0.2) is 0 Å². The van der Waals surface area contributed by atoms with Crippen LogP contribution in [-0.4, -0.2) is 10.9 Å². The molecule has 0 fully saturated rings. The van der Waals surface area contributed by atoms with E-state index in [1.165, 1.54) is 11.1 Å². The van der Waals surface area contributed by atoms with Gasteiger partial charge in [-0.2, -0.15) is 0 Å².